The lowest BCUT2D eigenvalue weighted by molar-refractivity contribution is 0.102. The van der Waals surface area contributed by atoms with Crippen LogP contribution in [0.1, 0.15) is 15.9 Å². The number of hydrogen-bond donors (Lipinski definition) is 1. The quantitative estimate of drug-likeness (QED) is 0.431. The molecular formula is C24H22N2O4S. The molecule has 0 bridgehead atoms. The molecule has 1 heterocycles. The highest BCUT2D eigenvalue weighted by atomic mass is 32.1. The van der Waals surface area contributed by atoms with Gasteiger partial charge >= 0.3 is 0 Å². The first-order chi connectivity index (χ1) is 15.0. The fraction of sp³-hybridized carbons (Fsp3) is 0.167. The summed E-state index contributed by atoms with van der Waals surface area (Å²) in [6, 6.07) is 17.2. The molecule has 0 aliphatic carbocycles. The van der Waals surface area contributed by atoms with E-state index in [4.69, 9.17) is 19.2 Å². The maximum atomic E-state index is 12.9. The number of nitrogens with one attached hydrogen (secondary N) is 1. The van der Waals surface area contributed by atoms with Gasteiger partial charge in [0.05, 0.1) is 37.1 Å². The standard InChI is InChI=1S/C24H22N2O4S/c1-14-5-11-18-20(13-14)31-24(26-18)15-6-8-16(9-7-15)25-23(27)17-10-12-19(28-2)22(30-4)21(17)29-3/h5-13H,1-4H3,(H,25,27). The van der Waals surface area contributed by atoms with Gasteiger partial charge in [-0.05, 0) is 61.0 Å². The Hall–Kier alpha value is -3.58. The van der Waals surface area contributed by atoms with Crippen LogP contribution in [0.3, 0.4) is 0 Å². The average molecular weight is 435 g/mol. The third kappa shape index (κ3) is 4.04. The molecule has 1 aromatic heterocycles. The number of rotatable bonds is 6. The number of hydrogen-bond acceptors (Lipinski definition) is 6. The summed E-state index contributed by atoms with van der Waals surface area (Å²) in [5.74, 6) is 0.882. The van der Waals surface area contributed by atoms with Gasteiger partial charge in [0, 0.05) is 11.3 Å². The molecule has 158 valence electrons. The summed E-state index contributed by atoms with van der Waals surface area (Å²) < 4.78 is 17.2. The van der Waals surface area contributed by atoms with Crippen molar-refractivity contribution in [2.45, 2.75) is 6.92 Å². The highest BCUT2D eigenvalue weighted by molar-refractivity contribution is 7.21. The number of ether oxygens (including phenoxy) is 3. The third-order valence-corrected chi connectivity index (χ3v) is 5.95. The second-order valence-corrected chi connectivity index (χ2v) is 7.93. The van der Waals surface area contributed by atoms with Gasteiger partial charge in [0.1, 0.15) is 5.01 Å². The smallest absolute Gasteiger partial charge is 0.259 e. The summed E-state index contributed by atoms with van der Waals surface area (Å²) >= 11 is 1.65. The van der Waals surface area contributed by atoms with E-state index in [9.17, 15) is 4.79 Å². The third-order valence-electron chi connectivity index (χ3n) is 4.88. The maximum absolute atomic E-state index is 12.9. The van der Waals surface area contributed by atoms with Crippen LogP contribution < -0.4 is 19.5 Å². The van der Waals surface area contributed by atoms with Crippen molar-refractivity contribution in [2.24, 2.45) is 0 Å². The molecule has 31 heavy (non-hydrogen) atoms. The van der Waals surface area contributed by atoms with Gasteiger partial charge in [0.25, 0.3) is 5.91 Å². The number of aryl methyl sites for hydroxylation is 1. The molecule has 4 aromatic rings. The van der Waals surface area contributed by atoms with E-state index in [1.807, 2.05) is 30.3 Å². The number of methoxy groups -OCH3 is 3. The molecule has 1 amide bonds. The van der Waals surface area contributed by atoms with E-state index in [-0.39, 0.29) is 5.91 Å². The minimum atomic E-state index is -0.305. The Bertz CT molecular complexity index is 1250. The summed E-state index contributed by atoms with van der Waals surface area (Å²) in [6.07, 6.45) is 0. The molecule has 0 fully saturated rings. The Labute approximate surface area is 184 Å². The number of anilines is 1. The van der Waals surface area contributed by atoms with Crippen molar-refractivity contribution < 1.29 is 19.0 Å². The molecule has 0 saturated carbocycles. The van der Waals surface area contributed by atoms with Crippen molar-refractivity contribution in [3.05, 3.63) is 65.7 Å². The number of aromatic nitrogens is 1. The van der Waals surface area contributed by atoms with Crippen LogP contribution in [0, 0.1) is 6.92 Å². The van der Waals surface area contributed by atoms with Crippen LogP contribution in [0.5, 0.6) is 17.2 Å². The minimum Gasteiger partial charge on any atom is -0.493 e. The lowest BCUT2D eigenvalue weighted by atomic mass is 10.1. The predicted molar refractivity (Wildman–Crippen MR) is 124 cm³/mol. The van der Waals surface area contributed by atoms with Crippen LogP contribution in [0.25, 0.3) is 20.8 Å². The van der Waals surface area contributed by atoms with E-state index in [0.29, 0.717) is 28.5 Å². The summed E-state index contributed by atoms with van der Waals surface area (Å²) in [5.41, 5.74) is 4.23. The van der Waals surface area contributed by atoms with Gasteiger partial charge in [-0.25, -0.2) is 4.98 Å². The van der Waals surface area contributed by atoms with E-state index < -0.39 is 0 Å². The SMILES string of the molecule is COc1ccc(C(=O)Nc2ccc(-c3nc4ccc(C)cc4s3)cc2)c(OC)c1OC. The van der Waals surface area contributed by atoms with E-state index >= 15 is 0 Å². The van der Waals surface area contributed by atoms with Crippen molar-refractivity contribution >= 4 is 33.1 Å². The molecule has 0 saturated heterocycles. The zero-order valence-corrected chi connectivity index (χ0v) is 18.5. The zero-order valence-electron chi connectivity index (χ0n) is 17.7. The summed E-state index contributed by atoms with van der Waals surface area (Å²) in [6.45, 7) is 2.07. The Balaban J connectivity index is 1.57. The number of thiazole rings is 1. The van der Waals surface area contributed by atoms with E-state index in [1.54, 1.807) is 23.5 Å². The van der Waals surface area contributed by atoms with Crippen molar-refractivity contribution in [2.75, 3.05) is 26.6 Å². The Morgan fingerprint density at radius 3 is 2.32 bits per heavy atom. The van der Waals surface area contributed by atoms with Gasteiger partial charge in [-0.2, -0.15) is 0 Å². The second-order valence-electron chi connectivity index (χ2n) is 6.90. The molecule has 0 aliphatic rings. The Morgan fingerprint density at radius 1 is 0.903 bits per heavy atom. The molecule has 0 unspecified atom stereocenters. The molecule has 1 N–H and O–H groups in total. The van der Waals surface area contributed by atoms with Gasteiger partial charge in [0.2, 0.25) is 5.75 Å². The van der Waals surface area contributed by atoms with Crippen LogP contribution in [-0.4, -0.2) is 32.2 Å². The monoisotopic (exact) mass is 434 g/mol. The van der Waals surface area contributed by atoms with E-state index in [1.165, 1.54) is 26.9 Å². The maximum Gasteiger partial charge on any atom is 0.259 e. The molecule has 4 rings (SSSR count). The molecule has 0 radical (unpaired) electrons. The molecule has 0 aliphatic heterocycles. The van der Waals surface area contributed by atoms with Crippen molar-refractivity contribution in [1.29, 1.82) is 0 Å². The molecule has 6 nitrogen and oxygen atoms in total. The first-order valence-corrected chi connectivity index (χ1v) is 10.4. The Kier molecular flexibility index (Phi) is 5.77. The molecule has 0 spiro atoms. The Morgan fingerprint density at radius 2 is 1.65 bits per heavy atom. The first-order valence-electron chi connectivity index (χ1n) is 9.62. The van der Waals surface area contributed by atoms with E-state index in [0.717, 1.165) is 20.8 Å². The van der Waals surface area contributed by atoms with Gasteiger partial charge < -0.3 is 19.5 Å². The molecule has 7 heteroatoms. The van der Waals surface area contributed by atoms with E-state index in [2.05, 4.69) is 24.4 Å². The number of nitrogens with zero attached hydrogens (tertiary/aromatic N) is 1. The largest absolute Gasteiger partial charge is 0.493 e. The van der Waals surface area contributed by atoms with Gasteiger partial charge in [0.15, 0.2) is 11.5 Å². The second kappa shape index (κ2) is 8.65. The van der Waals surface area contributed by atoms with Crippen molar-refractivity contribution in [3.63, 3.8) is 0 Å². The lowest BCUT2D eigenvalue weighted by Gasteiger charge is -2.15. The zero-order chi connectivity index (χ0) is 22.0. The number of fused-ring (bicyclic) bond motifs is 1. The summed E-state index contributed by atoms with van der Waals surface area (Å²) in [4.78, 5) is 17.6. The van der Waals surface area contributed by atoms with Crippen LogP contribution in [0.4, 0.5) is 5.69 Å². The normalized spacial score (nSPS) is 10.7. The minimum absolute atomic E-state index is 0.305. The molecule has 0 atom stereocenters. The van der Waals surface area contributed by atoms with Crippen LogP contribution in [0.2, 0.25) is 0 Å². The predicted octanol–water partition coefficient (Wildman–Crippen LogP) is 5.55. The lowest BCUT2D eigenvalue weighted by Crippen LogP contribution is -2.14. The van der Waals surface area contributed by atoms with Crippen molar-refractivity contribution in [1.82, 2.24) is 4.98 Å². The number of benzene rings is 3. The van der Waals surface area contributed by atoms with Gasteiger partial charge in [-0.1, -0.05) is 6.07 Å². The fourth-order valence-electron chi connectivity index (χ4n) is 3.33. The summed E-state index contributed by atoms with van der Waals surface area (Å²) in [5, 5.41) is 3.85. The highest BCUT2D eigenvalue weighted by Crippen LogP contribution is 2.40. The molecular weight excluding hydrogens is 412 g/mol. The van der Waals surface area contributed by atoms with Gasteiger partial charge in [-0.3, -0.25) is 4.79 Å². The van der Waals surface area contributed by atoms with Crippen LogP contribution in [-0.2, 0) is 0 Å². The summed E-state index contributed by atoms with van der Waals surface area (Å²) in [7, 11) is 4.53. The number of carbonyl (C=O) groups is 1. The van der Waals surface area contributed by atoms with Crippen LogP contribution in [0.15, 0.2) is 54.6 Å². The fourth-order valence-corrected chi connectivity index (χ4v) is 4.40. The average Bonchev–Trinajstić information content (AvgIpc) is 3.21. The topological polar surface area (TPSA) is 69.7 Å². The van der Waals surface area contributed by atoms with Crippen LogP contribution >= 0.6 is 11.3 Å². The molecule has 3 aromatic carbocycles. The van der Waals surface area contributed by atoms with Crippen molar-refractivity contribution in [3.8, 4) is 27.8 Å². The first kappa shape index (κ1) is 20.7. The van der Waals surface area contributed by atoms with Gasteiger partial charge in [-0.15, -0.1) is 11.3 Å². The number of amides is 1. The highest BCUT2D eigenvalue weighted by Gasteiger charge is 2.20. The number of carbonyl (C=O) groups excluding carboxylic acids is 1.